The Morgan fingerprint density at radius 2 is 2.29 bits per heavy atom. The minimum atomic E-state index is -0.711. The number of hydrogen-bond donors (Lipinski definition) is 2. The van der Waals surface area contributed by atoms with Crippen LogP contribution in [0.4, 0.5) is 0 Å². The van der Waals surface area contributed by atoms with Gasteiger partial charge in [-0.3, -0.25) is 4.79 Å². The zero-order valence-electron chi connectivity index (χ0n) is 9.33. The second-order valence-corrected chi connectivity index (χ2v) is 3.36. The van der Waals surface area contributed by atoms with Gasteiger partial charge < -0.3 is 17.3 Å². The summed E-state index contributed by atoms with van der Waals surface area (Å²) in [6.45, 7) is 1.84. The van der Waals surface area contributed by atoms with E-state index in [1.807, 2.05) is 6.92 Å². The summed E-state index contributed by atoms with van der Waals surface area (Å²) in [5.41, 5.74) is 5.60. The molecule has 0 unspecified atom stereocenters. The summed E-state index contributed by atoms with van der Waals surface area (Å²) in [5.74, 6) is -0.711. The van der Waals surface area contributed by atoms with Crippen molar-refractivity contribution in [1.82, 2.24) is 0 Å². The molecule has 0 aromatic heterocycles. The molecule has 4 heteroatoms. The molecule has 3 nitrogen and oxygen atoms in total. The Labute approximate surface area is 109 Å². The molecule has 1 rings (SSSR count). The van der Waals surface area contributed by atoms with E-state index in [2.05, 4.69) is 6.42 Å². The van der Waals surface area contributed by atoms with Crippen molar-refractivity contribution in [2.45, 2.75) is 51.5 Å². The Morgan fingerprint density at radius 3 is 2.43 bits per heavy atom. The molecule has 0 saturated heterocycles. The molecule has 0 amide bonds. The summed E-state index contributed by atoms with van der Waals surface area (Å²) in [7, 11) is 0. The normalized spacial score (nSPS) is 20.0. The van der Waals surface area contributed by atoms with Crippen LogP contribution < -0.4 is 35.3 Å². The molecule has 3 N–H and O–H groups in total. The van der Waals surface area contributed by atoms with Crippen LogP contribution in [0.25, 0.3) is 0 Å². The molecular weight excluding hydrogens is 189 g/mol. The second kappa shape index (κ2) is 11.5. The summed E-state index contributed by atoms with van der Waals surface area (Å²) in [6, 6.07) is 0.480. The van der Waals surface area contributed by atoms with Gasteiger partial charge in [-0.2, -0.15) is 12.8 Å². The number of carbonyl (C=O) groups is 1. The Kier molecular flexibility index (Phi) is 13.8. The van der Waals surface area contributed by atoms with E-state index in [1.54, 1.807) is 0 Å². The van der Waals surface area contributed by atoms with E-state index in [0.29, 0.717) is 12.5 Å². The molecule has 1 atom stereocenters. The molecular formula is C10H20NNaO2. The van der Waals surface area contributed by atoms with Gasteiger partial charge in [0.1, 0.15) is 0 Å². The number of hydrogen-bond acceptors (Lipinski definition) is 2. The molecule has 1 aliphatic rings. The van der Waals surface area contributed by atoms with Gasteiger partial charge >= 0.3 is 35.5 Å². The van der Waals surface area contributed by atoms with Crippen LogP contribution in [0.1, 0.15) is 45.4 Å². The number of carboxylic acids is 1. The minimum Gasteiger partial charge on any atom is -0.481 e. The predicted molar refractivity (Wildman–Crippen MR) is 53.3 cm³/mol. The summed E-state index contributed by atoms with van der Waals surface area (Å²) in [4.78, 5) is 9.60. The van der Waals surface area contributed by atoms with E-state index in [1.165, 1.54) is 19.3 Å². The maximum absolute atomic E-state index is 9.60. The minimum absolute atomic E-state index is 0. The average Bonchev–Trinajstić information content (AvgIpc) is 2.06. The fraction of sp³-hybridized carbons (Fsp3) is 0.800. The Hall–Kier alpha value is 0.430. The summed E-state index contributed by atoms with van der Waals surface area (Å²) in [6.07, 6.45) is 8.27. The molecule has 1 saturated carbocycles. The smallest absolute Gasteiger partial charge is 0.481 e. The first-order valence-electron chi connectivity index (χ1n) is 4.95. The molecule has 0 spiro atoms. The van der Waals surface area contributed by atoms with E-state index >= 15 is 0 Å². The van der Waals surface area contributed by atoms with Gasteiger partial charge in [-0.15, -0.1) is 0 Å². The largest absolute Gasteiger partial charge is 1.00 e. The van der Waals surface area contributed by atoms with Gasteiger partial charge in [0.05, 0.1) is 0 Å². The molecule has 0 heterocycles. The number of aliphatic carboxylic acids is 1. The number of carboxylic acid groups (broad SMARTS) is 1. The molecule has 0 bridgehead atoms. The molecule has 0 aromatic rings. The van der Waals surface area contributed by atoms with Crippen molar-refractivity contribution in [3.63, 3.8) is 0 Å². The van der Waals surface area contributed by atoms with Gasteiger partial charge in [-0.1, -0.05) is 13.3 Å². The average molecular weight is 209 g/mol. The maximum atomic E-state index is 9.60. The van der Waals surface area contributed by atoms with Crippen LogP contribution >= 0.6 is 0 Å². The summed E-state index contributed by atoms with van der Waals surface area (Å²) < 4.78 is 0. The van der Waals surface area contributed by atoms with Crippen molar-refractivity contribution in [3.8, 4) is 0 Å². The predicted octanol–water partition coefficient (Wildman–Crippen LogP) is -1.03. The Balaban J connectivity index is 0. The molecule has 0 aromatic carbocycles. The van der Waals surface area contributed by atoms with E-state index in [4.69, 9.17) is 10.8 Å². The van der Waals surface area contributed by atoms with Gasteiger partial charge in [0.25, 0.3) is 0 Å². The van der Waals surface area contributed by atoms with E-state index in [9.17, 15) is 4.79 Å². The standard InChI is InChI=1S/C6H12N.C4H8O2.Na/c7-6-4-2-1-3-5-6;1-2-3-4(5)6;/h2,6H,1,3-5,7H2;2-3H2,1H3,(H,5,6);/q-1;;+1/t6-;;/m0../s1. The molecule has 1 aliphatic carbocycles. The van der Waals surface area contributed by atoms with Gasteiger partial charge in [0.15, 0.2) is 0 Å². The first-order chi connectivity index (χ1) is 6.16. The van der Waals surface area contributed by atoms with Gasteiger partial charge in [0, 0.05) is 6.42 Å². The third kappa shape index (κ3) is 12.4. The van der Waals surface area contributed by atoms with Crippen LogP contribution in [0.3, 0.4) is 0 Å². The Bertz CT molecular complexity index is 136. The van der Waals surface area contributed by atoms with Crippen LogP contribution in [-0.4, -0.2) is 17.1 Å². The third-order valence-electron chi connectivity index (χ3n) is 1.92. The van der Waals surface area contributed by atoms with Crippen molar-refractivity contribution >= 4 is 5.97 Å². The van der Waals surface area contributed by atoms with E-state index in [-0.39, 0.29) is 29.6 Å². The molecule has 0 aliphatic heterocycles. The number of rotatable bonds is 2. The van der Waals surface area contributed by atoms with E-state index in [0.717, 1.165) is 12.8 Å². The first-order valence-corrected chi connectivity index (χ1v) is 4.95. The molecule has 14 heavy (non-hydrogen) atoms. The molecule has 0 radical (unpaired) electrons. The van der Waals surface area contributed by atoms with Crippen LogP contribution in [0.15, 0.2) is 0 Å². The van der Waals surface area contributed by atoms with Crippen molar-refractivity contribution in [3.05, 3.63) is 6.42 Å². The van der Waals surface area contributed by atoms with Gasteiger partial charge in [-0.25, -0.2) is 0 Å². The van der Waals surface area contributed by atoms with Crippen molar-refractivity contribution in [2.24, 2.45) is 5.73 Å². The van der Waals surface area contributed by atoms with Crippen molar-refractivity contribution in [2.75, 3.05) is 0 Å². The number of nitrogens with two attached hydrogens (primary N) is 1. The first kappa shape index (κ1) is 16.8. The van der Waals surface area contributed by atoms with Crippen LogP contribution in [0.5, 0.6) is 0 Å². The SMILES string of the molecule is CCCC(=O)O.N[C@H]1C[CH-]CCC1.[Na+]. The fourth-order valence-corrected chi connectivity index (χ4v) is 1.19. The van der Waals surface area contributed by atoms with Crippen LogP contribution in [0.2, 0.25) is 0 Å². The third-order valence-corrected chi connectivity index (χ3v) is 1.92. The van der Waals surface area contributed by atoms with Gasteiger partial charge in [-0.05, 0) is 18.9 Å². The van der Waals surface area contributed by atoms with Gasteiger partial charge in [0.2, 0.25) is 0 Å². The van der Waals surface area contributed by atoms with Crippen molar-refractivity contribution < 1.29 is 39.5 Å². The van der Waals surface area contributed by atoms with Crippen LogP contribution in [-0.2, 0) is 4.79 Å². The monoisotopic (exact) mass is 209 g/mol. The molecule has 1 fully saturated rings. The second-order valence-electron chi connectivity index (χ2n) is 3.36. The zero-order chi connectivity index (χ0) is 10.1. The topological polar surface area (TPSA) is 63.3 Å². The van der Waals surface area contributed by atoms with Crippen molar-refractivity contribution in [1.29, 1.82) is 0 Å². The quantitative estimate of drug-likeness (QED) is 0.451. The summed E-state index contributed by atoms with van der Waals surface area (Å²) in [5, 5.41) is 7.91. The zero-order valence-corrected chi connectivity index (χ0v) is 11.3. The summed E-state index contributed by atoms with van der Waals surface area (Å²) >= 11 is 0. The van der Waals surface area contributed by atoms with E-state index < -0.39 is 5.97 Å². The van der Waals surface area contributed by atoms with Crippen LogP contribution in [0, 0.1) is 6.42 Å². The Morgan fingerprint density at radius 1 is 1.64 bits per heavy atom. The fourth-order valence-electron chi connectivity index (χ4n) is 1.19. The molecule has 78 valence electrons. The maximum Gasteiger partial charge on any atom is 1.00 e.